The van der Waals surface area contributed by atoms with Crippen LogP contribution in [-0.4, -0.2) is 37.8 Å². The molecule has 1 fully saturated rings. The fourth-order valence-corrected chi connectivity index (χ4v) is 6.71. The number of carbonyl (C=O) groups excluding carboxylic acids is 1. The molecule has 3 aromatic carbocycles. The highest BCUT2D eigenvalue weighted by Crippen LogP contribution is 2.41. The van der Waals surface area contributed by atoms with E-state index in [0.29, 0.717) is 30.8 Å². The molecule has 0 radical (unpaired) electrons. The minimum absolute atomic E-state index is 0.0117. The van der Waals surface area contributed by atoms with E-state index in [0.717, 1.165) is 11.1 Å². The number of amides is 1. The molecule has 0 saturated carbocycles. The Hall–Kier alpha value is -4.44. The molecule has 2 aliphatic rings. The molecule has 0 aliphatic carbocycles. The highest BCUT2D eigenvalue weighted by molar-refractivity contribution is 7.89. The first-order valence-electron chi connectivity index (χ1n) is 12.6. The maximum atomic E-state index is 13.8. The highest BCUT2D eigenvalue weighted by atomic mass is 32.2. The summed E-state index contributed by atoms with van der Waals surface area (Å²) in [6, 6.07) is 22.9. The number of anilines is 1. The van der Waals surface area contributed by atoms with Crippen LogP contribution in [0.2, 0.25) is 0 Å². The highest BCUT2D eigenvalue weighted by Gasteiger charge is 2.39. The number of hydrogen-bond acceptors (Lipinski definition) is 5. The lowest BCUT2D eigenvalue weighted by Crippen LogP contribution is -2.39. The van der Waals surface area contributed by atoms with Crippen LogP contribution in [0.25, 0.3) is 10.4 Å². The van der Waals surface area contributed by atoms with Gasteiger partial charge in [0.15, 0.2) is 0 Å². The van der Waals surface area contributed by atoms with E-state index in [1.165, 1.54) is 21.3 Å². The molecule has 2 heterocycles. The van der Waals surface area contributed by atoms with Crippen LogP contribution in [0, 0.1) is 24.8 Å². The van der Waals surface area contributed by atoms with Gasteiger partial charge in [-0.3, -0.25) is 4.79 Å². The standard InChI is InChI=1S/C30H26N4O4S/c1-21-10-12-22(13-11-21)19-33-28-15-14-25(17-26(28)29(30(33)35)27(18-31)32-2)39(36,37)34-16-6-7-23(34)20-38-24-8-4-3-5-9-24/h3-5,8-15,17,23H,6-7,16,19-20H2,1H3/b29-27+/t23-/m0/s1. The van der Waals surface area contributed by atoms with Crippen molar-refractivity contribution in [1.82, 2.24) is 4.31 Å². The van der Waals surface area contributed by atoms with Gasteiger partial charge < -0.3 is 9.64 Å². The molecule has 0 bridgehead atoms. The molecule has 0 N–H and O–H groups in total. The third-order valence-electron chi connectivity index (χ3n) is 7.02. The molecule has 39 heavy (non-hydrogen) atoms. The van der Waals surface area contributed by atoms with E-state index >= 15 is 0 Å². The Balaban J connectivity index is 1.49. The average molecular weight is 539 g/mol. The van der Waals surface area contributed by atoms with Crippen molar-refractivity contribution in [3.63, 3.8) is 0 Å². The Morgan fingerprint density at radius 1 is 1.13 bits per heavy atom. The molecule has 0 spiro atoms. The monoisotopic (exact) mass is 538 g/mol. The summed E-state index contributed by atoms with van der Waals surface area (Å²) in [5.41, 5.74) is 2.26. The van der Waals surface area contributed by atoms with Crippen LogP contribution in [0.3, 0.4) is 0 Å². The van der Waals surface area contributed by atoms with Crippen molar-refractivity contribution in [2.75, 3.05) is 18.1 Å². The fourth-order valence-electron chi connectivity index (χ4n) is 5.01. The molecule has 196 valence electrons. The molecule has 5 rings (SSSR count). The van der Waals surface area contributed by atoms with Crippen LogP contribution in [0.4, 0.5) is 5.69 Å². The van der Waals surface area contributed by atoms with Gasteiger partial charge in [-0.1, -0.05) is 48.0 Å². The van der Waals surface area contributed by atoms with Gasteiger partial charge in [0.1, 0.15) is 12.4 Å². The van der Waals surface area contributed by atoms with Gasteiger partial charge >= 0.3 is 0 Å². The normalized spacial score (nSPS) is 18.4. The van der Waals surface area contributed by atoms with Crippen molar-refractivity contribution >= 4 is 27.2 Å². The summed E-state index contributed by atoms with van der Waals surface area (Å²) in [7, 11) is -3.93. The van der Waals surface area contributed by atoms with Crippen molar-refractivity contribution in [1.29, 1.82) is 5.26 Å². The summed E-state index contributed by atoms with van der Waals surface area (Å²) in [5, 5.41) is 9.59. The van der Waals surface area contributed by atoms with Gasteiger partial charge in [0, 0.05) is 12.1 Å². The number of nitrogens with zero attached hydrogens (tertiary/aromatic N) is 4. The minimum Gasteiger partial charge on any atom is -0.492 e. The number of aryl methyl sites for hydroxylation is 1. The topological polar surface area (TPSA) is 95.1 Å². The maximum absolute atomic E-state index is 13.8. The number of rotatable bonds is 7. The Kier molecular flexibility index (Phi) is 7.21. The van der Waals surface area contributed by atoms with Crippen LogP contribution in [0.1, 0.15) is 29.5 Å². The Bertz CT molecular complexity index is 1620. The third-order valence-corrected chi connectivity index (χ3v) is 8.97. The van der Waals surface area contributed by atoms with Gasteiger partial charge in [-0.25, -0.2) is 18.5 Å². The van der Waals surface area contributed by atoms with E-state index in [4.69, 9.17) is 11.3 Å². The average Bonchev–Trinajstić information content (AvgIpc) is 3.53. The molecule has 9 heteroatoms. The maximum Gasteiger partial charge on any atom is 0.275 e. The number of sulfonamides is 1. The van der Waals surface area contributed by atoms with E-state index in [1.807, 2.05) is 67.6 Å². The second-order valence-electron chi connectivity index (χ2n) is 9.54. The van der Waals surface area contributed by atoms with Gasteiger partial charge in [0.2, 0.25) is 15.9 Å². The van der Waals surface area contributed by atoms with Crippen LogP contribution in [0.15, 0.2) is 83.4 Å². The summed E-state index contributed by atoms with van der Waals surface area (Å²) in [6.45, 7) is 10.2. The summed E-state index contributed by atoms with van der Waals surface area (Å²) in [4.78, 5) is 18.2. The number of allylic oxidation sites excluding steroid dienone is 1. The first-order chi connectivity index (χ1) is 18.8. The van der Waals surface area contributed by atoms with Gasteiger partial charge in [0.05, 0.1) is 41.4 Å². The van der Waals surface area contributed by atoms with E-state index in [9.17, 15) is 18.5 Å². The molecule has 1 amide bonds. The van der Waals surface area contributed by atoms with Crippen molar-refractivity contribution in [2.24, 2.45) is 0 Å². The molecule has 0 unspecified atom stereocenters. The molecule has 1 atom stereocenters. The summed E-state index contributed by atoms with van der Waals surface area (Å²) < 4.78 is 34.9. The second-order valence-corrected chi connectivity index (χ2v) is 11.4. The first kappa shape index (κ1) is 26.2. The summed E-state index contributed by atoms with van der Waals surface area (Å²) >= 11 is 0. The molecule has 0 aromatic heterocycles. The van der Waals surface area contributed by atoms with E-state index in [-0.39, 0.29) is 40.9 Å². The Labute approximate surface area is 228 Å². The van der Waals surface area contributed by atoms with E-state index in [2.05, 4.69) is 4.85 Å². The molecule has 8 nitrogen and oxygen atoms in total. The van der Waals surface area contributed by atoms with Crippen LogP contribution in [0.5, 0.6) is 5.75 Å². The second kappa shape index (κ2) is 10.7. The Morgan fingerprint density at radius 2 is 1.87 bits per heavy atom. The first-order valence-corrected chi connectivity index (χ1v) is 14.0. The SMILES string of the molecule is [C-]#[N+]/C(C#N)=C1/C(=O)N(Cc2ccc(C)cc2)c2ccc(S(=O)(=O)N3CCC[C@H]3COc3ccccc3)cc21. The van der Waals surface area contributed by atoms with E-state index in [1.54, 1.807) is 6.07 Å². The summed E-state index contributed by atoms with van der Waals surface area (Å²) in [6.07, 6.45) is 1.37. The number of ether oxygens (including phenoxy) is 1. The lowest BCUT2D eigenvalue weighted by atomic mass is 10.1. The Morgan fingerprint density at radius 3 is 2.56 bits per heavy atom. The zero-order valence-corrected chi connectivity index (χ0v) is 22.2. The number of nitriles is 1. The smallest absolute Gasteiger partial charge is 0.275 e. The molecule has 1 saturated heterocycles. The predicted molar refractivity (Wildman–Crippen MR) is 147 cm³/mol. The number of hydrogen-bond donors (Lipinski definition) is 0. The molecular weight excluding hydrogens is 512 g/mol. The van der Waals surface area contributed by atoms with Gasteiger partial charge in [0.25, 0.3) is 5.70 Å². The van der Waals surface area contributed by atoms with Crippen LogP contribution < -0.4 is 9.64 Å². The van der Waals surface area contributed by atoms with Gasteiger partial charge in [-0.2, -0.15) is 4.31 Å². The molecule has 2 aliphatic heterocycles. The fraction of sp³-hybridized carbons (Fsp3) is 0.233. The van der Waals surface area contributed by atoms with Crippen LogP contribution >= 0.6 is 0 Å². The molecule has 3 aromatic rings. The number of fused-ring (bicyclic) bond motifs is 1. The van der Waals surface area contributed by atoms with Gasteiger partial charge in [-0.15, -0.1) is 0 Å². The van der Waals surface area contributed by atoms with E-state index < -0.39 is 15.9 Å². The number of benzene rings is 3. The minimum atomic E-state index is -3.93. The van der Waals surface area contributed by atoms with Gasteiger partial charge in [-0.05, 0) is 55.7 Å². The lowest BCUT2D eigenvalue weighted by molar-refractivity contribution is -0.113. The largest absolute Gasteiger partial charge is 0.492 e. The van der Waals surface area contributed by atoms with Crippen molar-refractivity contribution in [3.8, 4) is 11.8 Å². The zero-order chi connectivity index (χ0) is 27.6. The quantitative estimate of drug-likeness (QED) is 0.242. The van der Waals surface area contributed by atoms with Crippen molar-refractivity contribution < 1.29 is 17.9 Å². The predicted octanol–water partition coefficient (Wildman–Crippen LogP) is 4.93. The van der Waals surface area contributed by atoms with Crippen molar-refractivity contribution in [3.05, 3.63) is 107 Å². The van der Waals surface area contributed by atoms with Crippen molar-refractivity contribution in [2.45, 2.75) is 37.2 Å². The lowest BCUT2D eigenvalue weighted by Gasteiger charge is -2.24. The molecular formula is C30H26N4O4S. The van der Waals surface area contributed by atoms with Crippen LogP contribution in [-0.2, 0) is 21.4 Å². The number of carbonyl (C=O) groups is 1. The summed E-state index contributed by atoms with van der Waals surface area (Å²) in [5.74, 6) is 0.174. The number of para-hydroxylation sites is 1. The third kappa shape index (κ3) is 5.03. The zero-order valence-electron chi connectivity index (χ0n) is 21.4.